The molecule has 1 saturated heterocycles. The molecule has 1 aliphatic heterocycles. The molecule has 4 nitrogen and oxygen atoms in total. The topological polar surface area (TPSA) is 49.4 Å². The van der Waals surface area contributed by atoms with Crippen LogP contribution in [-0.4, -0.2) is 35.8 Å². The van der Waals surface area contributed by atoms with Gasteiger partial charge in [0.1, 0.15) is 0 Å². The standard InChI is InChI=1S/C21H22Cl2N2O2/c22-16-8-5-15(6-9-16)7-10-20(26)25-13-11-17(12-14-25)24-21(27)18-3-1-2-4-19(18)23/h1-6,8-9,17H,7,10-14H2,(H,24,27). The van der Waals surface area contributed by atoms with Crippen molar-refractivity contribution in [3.05, 3.63) is 69.7 Å². The van der Waals surface area contributed by atoms with Crippen molar-refractivity contribution < 1.29 is 9.59 Å². The average molecular weight is 405 g/mol. The van der Waals surface area contributed by atoms with Gasteiger partial charge in [-0.05, 0) is 49.1 Å². The number of benzene rings is 2. The highest BCUT2D eigenvalue weighted by molar-refractivity contribution is 6.33. The fourth-order valence-corrected chi connectivity index (χ4v) is 3.59. The SMILES string of the molecule is O=C(NC1CCN(C(=O)CCc2ccc(Cl)cc2)CC1)c1ccccc1Cl. The third kappa shape index (κ3) is 5.47. The van der Waals surface area contributed by atoms with Gasteiger partial charge in [-0.25, -0.2) is 0 Å². The molecule has 6 heteroatoms. The van der Waals surface area contributed by atoms with E-state index in [9.17, 15) is 9.59 Å². The summed E-state index contributed by atoms with van der Waals surface area (Å²) in [6, 6.07) is 14.7. The van der Waals surface area contributed by atoms with Crippen LogP contribution < -0.4 is 5.32 Å². The monoisotopic (exact) mass is 404 g/mol. The van der Waals surface area contributed by atoms with Gasteiger partial charge in [0.15, 0.2) is 0 Å². The number of carbonyl (C=O) groups is 2. The number of halogens is 2. The Kier molecular flexibility index (Phi) is 6.75. The number of nitrogens with one attached hydrogen (secondary N) is 1. The molecule has 1 aliphatic rings. The van der Waals surface area contributed by atoms with Crippen LogP contribution in [0.3, 0.4) is 0 Å². The minimum absolute atomic E-state index is 0.0640. The number of carbonyl (C=O) groups excluding carboxylic acids is 2. The van der Waals surface area contributed by atoms with E-state index in [1.54, 1.807) is 24.3 Å². The van der Waals surface area contributed by atoms with Gasteiger partial charge >= 0.3 is 0 Å². The number of hydrogen-bond acceptors (Lipinski definition) is 2. The van der Waals surface area contributed by atoms with E-state index in [0.717, 1.165) is 18.4 Å². The first kappa shape index (κ1) is 19.7. The lowest BCUT2D eigenvalue weighted by Crippen LogP contribution is -2.46. The van der Waals surface area contributed by atoms with E-state index in [2.05, 4.69) is 5.32 Å². The lowest BCUT2D eigenvalue weighted by molar-refractivity contribution is -0.132. The molecule has 0 aromatic heterocycles. The van der Waals surface area contributed by atoms with Crippen LogP contribution in [-0.2, 0) is 11.2 Å². The maximum absolute atomic E-state index is 12.4. The Morgan fingerprint density at radius 1 is 1.00 bits per heavy atom. The zero-order chi connectivity index (χ0) is 19.2. The van der Waals surface area contributed by atoms with Crippen LogP contribution >= 0.6 is 23.2 Å². The first-order valence-electron chi connectivity index (χ1n) is 9.10. The van der Waals surface area contributed by atoms with E-state index >= 15 is 0 Å². The highest BCUT2D eigenvalue weighted by Crippen LogP contribution is 2.18. The lowest BCUT2D eigenvalue weighted by atomic mass is 10.0. The molecule has 1 N–H and O–H groups in total. The molecule has 2 aromatic carbocycles. The molecular weight excluding hydrogens is 383 g/mol. The van der Waals surface area contributed by atoms with Gasteiger partial charge in [0.25, 0.3) is 5.91 Å². The summed E-state index contributed by atoms with van der Waals surface area (Å²) in [7, 11) is 0. The summed E-state index contributed by atoms with van der Waals surface area (Å²) >= 11 is 12.0. The third-order valence-corrected chi connectivity index (χ3v) is 5.42. The summed E-state index contributed by atoms with van der Waals surface area (Å²) in [4.78, 5) is 26.7. The summed E-state index contributed by atoms with van der Waals surface area (Å²) in [5, 5.41) is 4.17. The van der Waals surface area contributed by atoms with Crippen LogP contribution in [0.2, 0.25) is 10.0 Å². The molecule has 0 spiro atoms. The van der Waals surface area contributed by atoms with E-state index in [4.69, 9.17) is 23.2 Å². The van der Waals surface area contributed by atoms with Gasteiger partial charge < -0.3 is 10.2 Å². The Morgan fingerprint density at radius 2 is 1.67 bits per heavy atom. The van der Waals surface area contributed by atoms with Gasteiger partial charge in [0.2, 0.25) is 5.91 Å². The van der Waals surface area contributed by atoms with Crippen LogP contribution in [0, 0.1) is 0 Å². The number of amides is 2. The molecule has 0 aliphatic carbocycles. The van der Waals surface area contributed by atoms with Crippen molar-refractivity contribution in [3.63, 3.8) is 0 Å². The molecule has 1 fully saturated rings. The van der Waals surface area contributed by atoms with Crippen LogP contribution in [0.5, 0.6) is 0 Å². The number of likely N-dealkylation sites (tertiary alicyclic amines) is 1. The maximum atomic E-state index is 12.4. The van der Waals surface area contributed by atoms with E-state index < -0.39 is 0 Å². The molecule has 0 atom stereocenters. The quantitative estimate of drug-likeness (QED) is 0.804. The Hall–Kier alpha value is -2.04. The fraction of sp³-hybridized carbons (Fsp3) is 0.333. The van der Waals surface area contributed by atoms with Crippen molar-refractivity contribution in [2.75, 3.05) is 13.1 Å². The van der Waals surface area contributed by atoms with Crippen LogP contribution in [0.15, 0.2) is 48.5 Å². The molecule has 2 aromatic rings. The summed E-state index contributed by atoms with van der Waals surface area (Å²) in [6.45, 7) is 1.32. The van der Waals surface area contributed by atoms with Crippen molar-refractivity contribution in [2.45, 2.75) is 31.7 Å². The molecule has 0 radical (unpaired) electrons. The van der Waals surface area contributed by atoms with E-state index in [1.165, 1.54) is 0 Å². The minimum Gasteiger partial charge on any atom is -0.349 e. The Balaban J connectivity index is 1.44. The molecule has 142 valence electrons. The molecule has 0 saturated carbocycles. The van der Waals surface area contributed by atoms with Gasteiger partial charge in [0.05, 0.1) is 10.6 Å². The predicted molar refractivity (Wildman–Crippen MR) is 108 cm³/mol. The highest BCUT2D eigenvalue weighted by atomic mass is 35.5. The summed E-state index contributed by atoms with van der Waals surface area (Å²) < 4.78 is 0. The van der Waals surface area contributed by atoms with E-state index in [0.29, 0.717) is 41.5 Å². The van der Waals surface area contributed by atoms with Gasteiger partial charge in [0, 0.05) is 30.6 Å². The predicted octanol–water partition coefficient (Wildman–Crippen LogP) is 4.35. The van der Waals surface area contributed by atoms with Crippen LogP contribution in [0.1, 0.15) is 35.2 Å². The van der Waals surface area contributed by atoms with Crippen molar-refractivity contribution in [2.24, 2.45) is 0 Å². The van der Waals surface area contributed by atoms with Crippen LogP contribution in [0.25, 0.3) is 0 Å². The van der Waals surface area contributed by atoms with Crippen molar-refractivity contribution in [3.8, 4) is 0 Å². The zero-order valence-corrected chi connectivity index (χ0v) is 16.5. The minimum atomic E-state index is -0.159. The number of nitrogens with zero attached hydrogens (tertiary/aromatic N) is 1. The smallest absolute Gasteiger partial charge is 0.253 e. The normalized spacial score (nSPS) is 14.8. The highest BCUT2D eigenvalue weighted by Gasteiger charge is 2.24. The number of rotatable bonds is 5. The second-order valence-corrected chi connectivity index (χ2v) is 7.58. The largest absolute Gasteiger partial charge is 0.349 e. The van der Waals surface area contributed by atoms with Crippen molar-refractivity contribution >= 4 is 35.0 Å². The molecular formula is C21H22Cl2N2O2. The Morgan fingerprint density at radius 3 is 2.33 bits per heavy atom. The summed E-state index contributed by atoms with van der Waals surface area (Å²) in [5.41, 5.74) is 1.59. The molecule has 0 bridgehead atoms. The summed E-state index contributed by atoms with van der Waals surface area (Å²) in [6.07, 6.45) is 2.70. The molecule has 2 amide bonds. The second kappa shape index (κ2) is 9.25. The molecule has 1 heterocycles. The molecule has 27 heavy (non-hydrogen) atoms. The van der Waals surface area contributed by atoms with Crippen molar-refractivity contribution in [1.82, 2.24) is 10.2 Å². The lowest BCUT2D eigenvalue weighted by Gasteiger charge is -2.32. The number of piperidine rings is 1. The van der Waals surface area contributed by atoms with Gasteiger partial charge in [-0.3, -0.25) is 9.59 Å². The van der Waals surface area contributed by atoms with Gasteiger partial charge in [-0.2, -0.15) is 0 Å². The molecule has 3 rings (SSSR count). The third-order valence-electron chi connectivity index (χ3n) is 4.84. The first-order chi connectivity index (χ1) is 13.0. The Labute approximate surface area is 169 Å². The Bertz CT molecular complexity index is 800. The maximum Gasteiger partial charge on any atom is 0.253 e. The van der Waals surface area contributed by atoms with E-state index in [-0.39, 0.29) is 17.9 Å². The summed E-state index contributed by atoms with van der Waals surface area (Å²) in [5.74, 6) is -0.00561. The number of aryl methyl sites for hydroxylation is 1. The average Bonchev–Trinajstić information content (AvgIpc) is 2.68. The number of hydrogen-bond donors (Lipinski definition) is 1. The first-order valence-corrected chi connectivity index (χ1v) is 9.86. The van der Waals surface area contributed by atoms with Crippen LogP contribution in [0.4, 0.5) is 0 Å². The molecule has 0 unspecified atom stereocenters. The second-order valence-electron chi connectivity index (χ2n) is 6.73. The fourth-order valence-electron chi connectivity index (χ4n) is 3.24. The van der Waals surface area contributed by atoms with Crippen molar-refractivity contribution in [1.29, 1.82) is 0 Å². The van der Waals surface area contributed by atoms with Gasteiger partial charge in [-0.1, -0.05) is 47.5 Å². The van der Waals surface area contributed by atoms with E-state index in [1.807, 2.05) is 29.2 Å². The van der Waals surface area contributed by atoms with Gasteiger partial charge in [-0.15, -0.1) is 0 Å². The zero-order valence-electron chi connectivity index (χ0n) is 15.0.